The van der Waals surface area contributed by atoms with Gasteiger partial charge in [-0.15, -0.1) is 0 Å². The van der Waals surface area contributed by atoms with Crippen LogP contribution in [0.1, 0.15) is 6.42 Å². The number of rotatable bonds is 10. The highest BCUT2D eigenvalue weighted by Gasteiger charge is 2.54. The number of carboxylic acid groups (broad SMARTS) is 2. The Hall–Kier alpha value is -1.000. The van der Waals surface area contributed by atoms with Crippen molar-refractivity contribution in [2.45, 2.75) is 43.0 Å². The van der Waals surface area contributed by atoms with Gasteiger partial charge >= 0.3 is 27.6 Å². The molecule has 1 fully saturated rings. The summed E-state index contributed by atoms with van der Waals surface area (Å²) in [6, 6.07) is 0. The molecule has 0 aromatic heterocycles. The predicted molar refractivity (Wildman–Crippen MR) is 85.0 cm³/mol. The maximum atomic E-state index is 12.0. The van der Waals surface area contributed by atoms with Gasteiger partial charge in [-0.2, -0.15) is 0 Å². The molecule has 1 aliphatic carbocycles. The van der Waals surface area contributed by atoms with Gasteiger partial charge in [0, 0.05) is 0 Å². The topological polar surface area (TPSA) is 278 Å². The van der Waals surface area contributed by atoms with Gasteiger partial charge in [0.25, 0.3) is 0 Å². The molecule has 9 N–H and O–H groups in total. The smallest absolute Gasteiger partial charge is 0.472 e. The lowest BCUT2D eigenvalue weighted by Gasteiger charge is -2.43. The molecule has 1 saturated carbocycles. The Bertz CT molecular complexity index is 690. The Balaban J connectivity index is 2.94. The van der Waals surface area contributed by atoms with Gasteiger partial charge in [0.2, 0.25) is 0 Å². The first-order valence-electron chi connectivity index (χ1n) is 7.62. The van der Waals surface area contributed by atoms with E-state index < -0.39 is 83.2 Å². The third-order valence-electron chi connectivity index (χ3n) is 3.77. The van der Waals surface area contributed by atoms with Crippen molar-refractivity contribution in [1.29, 1.82) is 0 Å². The molecular formula is C11H20O16P2. The van der Waals surface area contributed by atoms with E-state index in [1.807, 2.05) is 0 Å². The fourth-order valence-corrected chi connectivity index (χ4v) is 3.94. The number of phosphoric ester groups is 2. The average Bonchev–Trinajstić information content (AvgIpc) is 2.56. The summed E-state index contributed by atoms with van der Waals surface area (Å²) in [6.45, 7) is -1.14. The van der Waals surface area contributed by atoms with E-state index in [4.69, 9.17) is 20.0 Å². The zero-order chi connectivity index (χ0) is 22.7. The van der Waals surface area contributed by atoms with E-state index in [9.17, 15) is 44.0 Å². The lowest BCUT2D eigenvalue weighted by Crippen LogP contribution is -2.64. The van der Waals surface area contributed by atoms with Crippen LogP contribution in [-0.2, 0) is 32.3 Å². The van der Waals surface area contributed by atoms with Gasteiger partial charge in [-0.3, -0.25) is 23.2 Å². The van der Waals surface area contributed by atoms with Crippen molar-refractivity contribution in [3.05, 3.63) is 0 Å². The van der Waals surface area contributed by atoms with Crippen molar-refractivity contribution in [3.8, 4) is 0 Å². The summed E-state index contributed by atoms with van der Waals surface area (Å²) >= 11 is 0. The van der Waals surface area contributed by atoms with Crippen LogP contribution in [0.15, 0.2) is 0 Å². The largest absolute Gasteiger partial charge is 0.481 e. The summed E-state index contributed by atoms with van der Waals surface area (Å²) in [5, 5.41) is 56.7. The molecule has 0 saturated heterocycles. The number of hydrogen-bond donors (Lipinski definition) is 9. The Labute approximate surface area is 161 Å². The summed E-state index contributed by atoms with van der Waals surface area (Å²) in [7, 11) is -10.7. The Morgan fingerprint density at radius 1 is 0.828 bits per heavy atom. The average molecular weight is 470 g/mol. The lowest BCUT2D eigenvalue weighted by molar-refractivity contribution is -0.216. The molecule has 1 unspecified atom stereocenters. The molecule has 0 radical (unpaired) electrons. The Morgan fingerprint density at radius 2 is 1.31 bits per heavy atom. The standard InChI is InChI=1S/C11H20O16P2/c12-4(13)1-3(11(18)19)2-25-29(23,24)27-10-7(16)5(14)6(15)9(8(10)17)26-28(20,21)22/h3,5-10,14-17H,1-2H2,(H,12,13)(H,18,19)(H,23,24)(H2,20,21,22)/t3-,5+,6+,7-,8-,9-,10+/m1/s1. The molecule has 18 heteroatoms. The van der Waals surface area contributed by atoms with Crippen molar-refractivity contribution in [3.63, 3.8) is 0 Å². The van der Waals surface area contributed by atoms with E-state index in [1.165, 1.54) is 0 Å². The van der Waals surface area contributed by atoms with E-state index in [2.05, 4.69) is 13.6 Å². The van der Waals surface area contributed by atoms with E-state index >= 15 is 0 Å². The second-order valence-corrected chi connectivity index (χ2v) is 8.59. The number of aliphatic carboxylic acids is 2. The maximum absolute atomic E-state index is 12.0. The van der Waals surface area contributed by atoms with Crippen molar-refractivity contribution >= 4 is 27.6 Å². The van der Waals surface area contributed by atoms with Gasteiger partial charge in [0.15, 0.2) is 0 Å². The molecule has 0 amide bonds. The number of carbonyl (C=O) groups is 2. The molecule has 0 aromatic rings. The maximum Gasteiger partial charge on any atom is 0.472 e. The molecule has 16 nitrogen and oxygen atoms in total. The van der Waals surface area contributed by atoms with E-state index in [0.717, 1.165) is 0 Å². The van der Waals surface area contributed by atoms with Crippen LogP contribution in [0.3, 0.4) is 0 Å². The van der Waals surface area contributed by atoms with Crippen LogP contribution in [0.25, 0.3) is 0 Å². The number of aliphatic hydroxyl groups is 4. The van der Waals surface area contributed by atoms with Crippen LogP contribution in [0, 0.1) is 5.92 Å². The molecule has 8 atom stereocenters. The minimum atomic E-state index is -5.34. The summed E-state index contributed by atoms with van der Waals surface area (Å²) in [5.41, 5.74) is 0. The molecule has 0 aliphatic heterocycles. The fraction of sp³-hybridized carbons (Fsp3) is 0.818. The Kier molecular flexibility index (Phi) is 8.86. The van der Waals surface area contributed by atoms with Gasteiger partial charge < -0.3 is 45.3 Å². The van der Waals surface area contributed by atoms with Gasteiger partial charge in [-0.05, 0) is 0 Å². The van der Waals surface area contributed by atoms with Crippen LogP contribution in [0.4, 0.5) is 0 Å². The van der Waals surface area contributed by atoms with Gasteiger partial charge in [0.05, 0.1) is 18.9 Å². The summed E-state index contributed by atoms with van der Waals surface area (Å²) in [4.78, 5) is 48.7. The van der Waals surface area contributed by atoms with E-state index in [0.29, 0.717) is 0 Å². The molecule has 0 spiro atoms. The van der Waals surface area contributed by atoms with Crippen molar-refractivity contribution in [2.75, 3.05) is 6.61 Å². The molecular weight excluding hydrogens is 450 g/mol. The highest BCUT2D eigenvalue weighted by atomic mass is 31.2. The van der Waals surface area contributed by atoms with Crippen LogP contribution in [0.5, 0.6) is 0 Å². The molecule has 170 valence electrons. The molecule has 1 aliphatic rings. The van der Waals surface area contributed by atoms with Gasteiger partial charge in [-0.1, -0.05) is 0 Å². The van der Waals surface area contributed by atoms with Crippen molar-refractivity contribution in [1.82, 2.24) is 0 Å². The number of carboxylic acids is 2. The molecule has 1 rings (SSSR count). The predicted octanol–water partition coefficient (Wildman–Crippen LogP) is -3.40. The third-order valence-corrected chi connectivity index (χ3v) is 5.27. The van der Waals surface area contributed by atoms with Crippen molar-refractivity contribution in [2.24, 2.45) is 5.92 Å². The summed E-state index contributed by atoms with van der Waals surface area (Å²) in [6.07, 6.45) is -14.7. The SMILES string of the molecule is O=C(O)C[C@H](COP(=O)(O)O[C@@H]1[C@H](O)[C@H](OP(=O)(O)O)[C@@H](O)[C@H](O)[C@H]1O)C(=O)O. The van der Waals surface area contributed by atoms with Gasteiger partial charge in [-0.25, -0.2) is 9.13 Å². The lowest BCUT2D eigenvalue weighted by atomic mass is 9.85. The van der Waals surface area contributed by atoms with Crippen LogP contribution >= 0.6 is 15.6 Å². The highest BCUT2D eigenvalue weighted by Crippen LogP contribution is 2.49. The first-order valence-corrected chi connectivity index (χ1v) is 10.6. The fourth-order valence-electron chi connectivity index (χ4n) is 2.39. The zero-order valence-electron chi connectivity index (χ0n) is 14.2. The van der Waals surface area contributed by atoms with E-state index in [-0.39, 0.29) is 0 Å². The summed E-state index contributed by atoms with van der Waals surface area (Å²) < 4.78 is 35.8. The normalized spacial score (nSPS) is 33.6. The first-order chi connectivity index (χ1) is 13.1. The van der Waals surface area contributed by atoms with Crippen LogP contribution in [-0.4, -0.2) is 100 Å². The third kappa shape index (κ3) is 7.64. The number of phosphoric acid groups is 2. The first kappa shape index (κ1) is 26.0. The summed E-state index contributed by atoms with van der Waals surface area (Å²) in [5.74, 6) is -5.00. The molecule has 0 heterocycles. The second-order valence-electron chi connectivity index (χ2n) is 5.99. The monoisotopic (exact) mass is 470 g/mol. The van der Waals surface area contributed by atoms with Crippen LogP contribution < -0.4 is 0 Å². The molecule has 29 heavy (non-hydrogen) atoms. The second kappa shape index (κ2) is 9.87. The quantitative estimate of drug-likeness (QED) is 0.141. The minimum Gasteiger partial charge on any atom is -0.481 e. The minimum absolute atomic E-state index is 0.979. The highest BCUT2D eigenvalue weighted by molar-refractivity contribution is 7.47. The number of aliphatic hydroxyl groups excluding tert-OH is 4. The number of hydrogen-bond acceptors (Lipinski definition) is 11. The Morgan fingerprint density at radius 3 is 1.72 bits per heavy atom. The molecule has 0 bridgehead atoms. The van der Waals surface area contributed by atoms with Crippen LogP contribution in [0.2, 0.25) is 0 Å². The van der Waals surface area contributed by atoms with Gasteiger partial charge in [0.1, 0.15) is 36.6 Å². The molecule has 0 aromatic carbocycles. The van der Waals surface area contributed by atoms with Crippen molar-refractivity contribution < 1.29 is 77.6 Å². The zero-order valence-corrected chi connectivity index (χ0v) is 16.0. The van der Waals surface area contributed by atoms with E-state index in [1.54, 1.807) is 0 Å².